The molecule has 0 spiro atoms. The summed E-state index contributed by atoms with van der Waals surface area (Å²) in [5.74, 6) is -0.648. The van der Waals surface area contributed by atoms with Crippen LogP contribution in [0.15, 0.2) is 94.7 Å². The summed E-state index contributed by atoms with van der Waals surface area (Å²) >= 11 is 0.831. The second kappa shape index (κ2) is 9.56. The number of fused-ring (bicyclic) bond motifs is 1. The van der Waals surface area contributed by atoms with Crippen LogP contribution in [-0.4, -0.2) is 10.9 Å². The fourth-order valence-corrected chi connectivity index (χ4v) is 4.42. The van der Waals surface area contributed by atoms with Gasteiger partial charge in [-0.1, -0.05) is 66.4 Å². The number of carbonyl (C=O) groups excluding carboxylic acids is 1. The molecule has 0 fully saturated rings. The molecule has 5 nitrogen and oxygen atoms in total. The number of nitro benzene ring substituents is 1. The smallest absolute Gasteiger partial charge is 0.416 e. The van der Waals surface area contributed by atoms with E-state index in [1.165, 1.54) is 6.07 Å². The van der Waals surface area contributed by atoms with Gasteiger partial charge >= 0.3 is 12.1 Å². The molecule has 4 aromatic rings. The minimum absolute atomic E-state index is 0.0135. The summed E-state index contributed by atoms with van der Waals surface area (Å²) < 4.78 is 44.5. The highest BCUT2D eigenvalue weighted by atomic mass is 32.2. The topological polar surface area (TPSA) is 69.4 Å². The van der Waals surface area contributed by atoms with Crippen LogP contribution in [0.5, 0.6) is 0 Å². The van der Waals surface area contributed by atoms with E-state index in [9.17, 15) is 28.1 Å². The number of halogens is 3. The van der Waals surface area contributed by atoms with E-state index >= 15 is 0 Å². The number of benzene rings is 4. The Morgan fingerprint density at radius 2 is 1.62 bits per heavy atom. The molecule has 0 N–H and O–H groups in total. The molecule has 172 valence electrons. The lowest BCUT2D eigenvalue weighted by molar-refractivity contribution is -0.388. The summed E-state index contributed by atoms with van der Waals surface area (Å²) in [5, 5.41) is 13.4. The van der Waals surface area contributed by atoms with Crippen molar-refractivity contribution in [2.24, 2.45) is 0 Å². The summed E-state index contributed by atoms with van der Waals surface area (Å²) in [6.45, 7) is 0.0135. The third-order valence-corrected chi connectivity index (χ3v) is 6.19. The third kappa shape index (κ3) is 5.04. The van der Waals surface area contributed by atoms with Crippen molar-refractivity contribution < 1.29 is 27.6 Å². The van der Waals surface area contributed by atoms with E-state index in [0.29, 0.717) is 11.0 Å². The number of ether oxygens (including phenoxy) is 1. The predicted molar refractivity (Wildman–Crippen MR) is 122 cm³/mol. The fourth-order valence-electron chi connectivity index (χ4n) is 3.40. The van der Waals surface area contributed by atoms with Crippen LogP contribution in [0, 0.1) is 10.1 Å². The van der Waals surface area contributed by atoms with Crippen molar-refractivity contribution in [1.29, 1.82) is 0 Å². The molecule has 0 unspecified atom stereocenters. The quantitative estimate of drug-likeness (QED) is 0.164. The van der Waals surface area contributed by atoms with E-state index < -0.39 is 28.3 Å². The molecule has 34 heavy (non-hydrogen) atoms. The normalized spacial score (nSPS) is 11.4. The van der Waals surface area contributed by atoms with Crippen LogP contribution in [0.1, 0.15) is 21.5 Å². The molecule has 4 aromatic carbocycles. The van der Waals surface area contributed by atoms with Gasteiger partial charge in [0.05, 0.1) is 20.9 Å². The molecule has 0 aliphatic rings. The van der Waals surface area contributed by atoms with Crippen molar-refractivity contribution in [1.82, 2.24) is 0 Å². The zero-order valence-electron chi connectivity index (χ0n) is 17.4. The van der Waals surface area contributed by atoms with Crippen LogP contribution in [0.2, 0.25) is 0 Å². The second-order valence-corrected chi connectivity index (χ2v) is 8.33. The lowest BCUT2D eigenvalue weighted by atomic mass is 10.1. The zero-order chi connectivity index (χ0) is 24.3. The molecule has 0 radical (unpaired) electrons. The molecule has 0 aliphatic carbocycles. The largest absolute Gasteiger partial charge is 0.457 e. The maximum atomic E-state index is 13.0. The van der Waals surface area contributed by atoms with E-state index in [4.69, 9.17) is 4.74 Å². The van der Waals surface area contributed by atoms with Gasteiger partial charge in [0.1, 0.15) is 6.61 Å². The molecule has 0 saturated carbocycles. The van der Waals surface area contributed by atoms with Gasteiger partial charge in [-0.3, -0.25) is 10.1 Å². The Morgan fingerprint density at radius 3 is 2.38 bits per heavy atom. The highest BCUT2D eigenvalue weighted by molar-refractivity contribution is 7.99. The monoisotopic (exact) mass is 483 g/mol. The Morgan fingerprint density at radius 1 is 0.912 bits per heavy atom. The highest BCUT2D eigenvalue weighted by Crippen LogP contribution is 2.40. The minimum Gasteiger partial charge on any atom is -0.457 e. The van der Waals surface area contributed by atoms with Gasteiger partial charge in [0.15, 0.2) is 0 Å². The first-order valence-electron chi connectivity index (χ1n) is 10.0. The second-order valence-electron chi connectivity index (χ2n) is 7.25. The first-order chi connectivity index (χ1) is 16.2. The molecule has 0 aliphatic heterocycles. The van der Waals surface area contributed by atoms with Crippen LogP contribution >= 0.6 is 11.8 Å². The Balaban J connectivity index is 1.59. The number of nitrogens with zero attached hydrogens (tertiary/aromatic N) is 1. The molecule has 9 heteroatoms. The molecule has 0 heterocycles. The number of hydrogen-bond acceptors (Lipinski definition) is 5. The molecule has 4 rings (SSSR count). The highest BCUT2D eigenvalue weighted by Gasteiger charge is 2.33. The Labute approximate surface area is 196 Å². The summed E-state index contributed by atoms with van der Waals surface area (Å²) in [6.07, 6.45) is -4.71. The van der Waals surface area contributed by atoms with Crippen molar-refractivity contribution in [2.75, 3.05) is 0 Å². The fraction of sp³-hybridized carbons (Fsp3) is 0.0800. The number of hydrogen-bond donors (Lipinski definition) is 0. The van der Waals surface area contributed by atoms with E-state index in [2.05, 4.69) is 0 Å². The number of carbonyl (C=O) groups is 1. The summed E-state index contributed by atoms with van der Waals surface area (Å²) in [6, 6.07) is 21.9. The molecule has 0 atom stereocenters. The number of nitro groups is 1. The number of esters is 1. The van der Waals surface area contributed by atoms with Crippen molar-refractivity contribution in [3.63, 3.8) is 0 Å². The third-order valence-electron chi connectivity index (χ3n) is 5.05. The van der Waals surface area contributed by atoms with Gasteiger partial charge in [-0.2, -0.15) is 13.2 Å². The van der Waals surface area contributed by atoms with Gasteiger partial charge in [0, 0.05) is 11.0 Å². The van der Waals surface area contributed by atoms with Gasteiger partial charge in [0.2, 0.25) is 0 Å². The van der Waals surface area contributed by atoms with Crippen molar-refractivity contribution in [3.05, 3.63) is 112 Å². The first-order valence-corrected chi connectivity index (χ1v) is 10.8. The molecule has 0 aromatic heterocycles. The van der Waals surface area contributed by atoms with Gasteiger partial charge < -0.3 is 4.74 Å². The predicted octanol–water partition coefficient (Wildman–Crippen LogP) is 7.28. The van der Waals surface area contributed by atoms with Crippen LogP contribution in [-0.2, 0) is 17.5 Å². The van der Waals surface area contributed by atoms with Gasteiger partial charge in [-0.15, -0.1) is 0 Å². The molecular formula is C25H16F3NO4S. The maximum Gasteiger partial charge on any atom is 0.416 e. The van der Waals surface area contributed by atoms with Gasteiger partial charge in [0.25, 0.3) is 5.69 Å². The number of alkyl halides is 3. The van der Waals surface area contributed by atoms with Crippen LogP contribution < -0.4 is 0 Å². The molecular weight excluding hydrogens is 467 g/mol. The van der Waals surface area contributed by atoms with E-state index in [0.717, 1.165) is 40.2 Å². The SMILES string of the molecule is O=C(OCc1cccc2ccccc12)c1ccccc1Sc1ccc(C(F)(F)F)cc1[N+](=O)[O-]. The molecule has 0 bridgehead atoms. The van der Waals surface area contributed by atoms with Crippen molar-refractivity contribution >= 4 is 34.2 Å². The Bertz CT molecular complexity index is 1380. The van der Waals surface area contributed by atoms with Gasteiger partial charge in [-0.25, -0.2) is 4.79 Å². The van der Waals surface area contributed by atoms with Crippen molar-refractivity contribution in [2.45, 2.75) is 22.6 Å². The lowest BCUT2D eigenvalue weighted by Crippen LogP contribution is -2.07. The van der Waals surface area contributed by atoms with E-state index in [1.807, 2.05) is 42.5 Å². The average Bonchev–Trinajstić information content (AvgIpc) is 2.82. The van der Waals surface area contributed by atoms with E-state index in [-0.39, 0.29) is 17.1 Å². The number of rotatable bonds is 6. The molecule has 0 saturated heterocycles. The summed E-state index contributed by atoms with van der Waals surface area (Å²) in [7, 11) is 0. The van der Waals surface area contributed by atoms with Crippen LogP contribution in [0.3, 0.4) is 0 Å². The molecule has 0 amide bonds. The summed E-state index contributed by atoms with van der Waals surface area (Å²) in [4.78, 5) is 23.7. The summed E-state index contributed by atoms with van der Waals surface area (Å²) in [5.41, 5.74) is -0.845. The Hall–Kier alpha value is -3.85. The minimum atomic E-state index is -4.71. The van der Waals surface area contributed by atoms with Gasteiger partial charge in [-0.05, 0) is 40.6 Å². The lowest BCUT2D eigenvalue weighted by Gasteiger charge is -2.12. The van der Waals surface area contributed by atoms with Crippen LogP contribution in [0.25, 0.3) is 10.8 Å². The van der Waals surface area contributed by atoms with Crippen molar-refractivity contribution in [3.8, 4) is 0 Å². The Kier molecular flexibility index (Phi) is 6.56. The zero-order valence-corrected chi connectivity index (χ0v) is 18.2. The first kappa shape index (κ1) is 23.3. The van der Waals surface area contributed by atoms with Crippen LogP contribution in [0.4, 0.5) is 18.9 Å². The van der Waals surface area contributed by atoms with E-state index in [1.54, 1.807) is 18.2 Å². The maximum absolute atomic E-state index is 13.0. The average molecular weight is 483 g/mol. The standard InChI is InChI=1S/C25H16F3NO4S/c26-25(27,28)18-12-13-23(21(14-18)29(31)32)34-22-11-4-3-10-20(22)24(30)33-15-17-8-5-7-16-6-1-2-9-19(16)17/h1-14H,15H2.